The van der Waals surface area contributed by atoms with E-state index in [9.17, 15) is 13.0 Å². The molecule has 0 fully saturated rings. The highest BCUT2D eigenvalue weighted by molar-refractivity contribution is 7.86. The number of hydrogen-bond acceptors (Lipinski definition) is 3. The second-order valence-corrected chi connectivity index (χ2v) is 7.31. The molecular weight excluding hydrogens is 346 g/mol. The van der Waals surface area contributed by atoms with E-state index in [0.717, 1.165) is 16.7 Å². The van der Waals surface area contributed by atoms with Crippen LogP contribution in [0.25, 0.3) is 24.3 Å². The van der Waals surface area contributed by atoms with Gasteiger partial charge in [0.2, 0.25) is 0 Å². The molecule has 1 aromatic rings. The van der Waals surface area contributed by atoms with E-state index in [-0.39, 0.29) is 4.90 Å². The minimum atomic E-state index is -4.31. The minimum absolute atomic E-state index is 0.0833. The van der Waals surface area contributed by atoms with Crippen LogP contribution in [0.3, 0.4) is 0 Å². The third-order valence-corrected chi connectivity index (χ3v) is 3.96. The summed E-state index contributed by atoms with van der Waals surface area (Å²) < 4.78 is 33.1. The lowest BCUT2D eigenvalue weighted by Crippen LogP contribution is -2.06. The lowest BCUT2D eigenvalue weighted by molar-refractivity contribution is 0.483. The van der Waals surface area contributed by atoms with Crippen LogP contribution < -0.4 is 5.73 Å². The van der Waals surface area contributed by atoms with E-state index in [2.05, 4.69) is 0 Å². The third-order valence-electron chi connectivity index (χ3n) is 3.07. The van der Waals surface area contributed by atoms with Crippen LogP contribution in [0, 0.1) is 0 Å². The monoisotopic (exact) mass is 377 g/mol. The molecule has 144 valence electrons. The van der Waals surface area contributed by atoms with Crippen molar-refractivity contribution in [1.82, 2.24) is 0 Å². The maximum absolute atomic E-state index is 11.8. The Labute approximate surface area is 158 Å². The number of allylic oxidation sites excluding steroid dienone is 4. The summed E-state index contributed by atoms with van der Waals surface area (Å²) in [6.07, 6.45) is 14.7. The molecule has 0 aliphatic rings. The zero-order valence-electron chi connectivity index (χ0n) is 16.5. The van der Waals surface area contributed by atoms with E-state index in [0.29, 0.717) is 11.6 Å². The topological polar surface area (TPSA) is 80.4 Å². The standard InChI is InChI=1S/C18H22O3S.C3H9N/c1-5-9-14-13-18(22(19,20)21)17(12-8-4)16(11-7-3)15(14)10-6-2;1-3(2)4/h5-13H,1-4H3,(H,19,20,21);3H,4H2,1-2H3/b9-5-,10-6-,11-7-,12-8-;. The van der Waals surface area contributed by atoms with Crippen molar-refractivity contribution in [1.29, 1.82) is 0 Å². The van der Waals surface area contributed by atoms with E-state index in [1.54, 1.807) is 12.2 Å². The van der Waals surface area contributed by atoms with Crippen LogP contribution in [0.2, 0.25) is 0 Å². The number of benzene rings is 1. The highest BCUT2D eigenvalue weighted by Crippen LogP contribution is 2.31. The van der Waals surface area contributed by atoms with E-state index in [4.69, 9.17) is 5.73 Å². The van der Waals surface area contributed by atoms with Gasteiger partial charge in [-0.3, -0.25) is 4.55 Å². The summed E-state index contributed by atoms with van der Waals surface area (Å²) in [6, 6.07) is 1.84. The van der Waals surface area contributed by atoms with Crippen molar-refractivity contribution in [2.75, 3.05) is 0 Å². The summed E-state index contributed by atoms with van der Waals surface area (Å²) >= 11 is 0. The van der Waals surface area contributed by atoms with Crippen LogP contribution in [0.15, 0.2) is 35.3 Å². The number of hydrogen-bond donors (Lipinski definition) is 2. The Bertz CT molecular complexity index is 796. The van der Waals surface area contributed by atoms with E-state index in [1.165, 1.54) is 6.07 Å². The molecule has 26 heavy (non-hydrogen) atoms. The fourth-order valence-electron chi connectivity index (χ4n) is 2.30. The van der Waals surface area contributed by atoms with Gasteiger partial charge in [-0.2, -0.15) is 8.42 Å². The molecule has 0 bridgehead atoms. The Morgan fingerprint density at radius 1 is 0.846 bits per heavy atom. The first kappa shape index (κ1) is 24.1. The predicted octanol–water partition coefficient (Wildman–Crippen LogP) is 5.42. The third kappa shape index (κ3) is 7.52. The van der Waals surface area contributed by atoms with Crippen LogP contribution in [0.1, 0.15) is 63.8 Å². The van der Waals surface area contributed by atoms with Gasteiger partial charge in [0.15, 0.2) is 0 Å². The molecule has 0 heterocycles. The quantitative estimate of drug-likeness (QED) is 0.671. The van der Waals surface area contributed by atoms with E-state index < -0.39 is 10.1 Å². The highest BCUT2D eigenvalue weighted by atomic mass is 32.2. The molecule has 0 aliphatic heterocycles. The Morgan fingerprint density at radius 2 is 1.23 bits per heavy atom. The summed E-state index contributed by atoms with van der Waals surface area (Å²) in [5, 5.41) is 0. The molecule has 0 saturated heterocycles. The van der Waals surface area contributed by atoms with Gasteiger partial charge in [-0.1, -0.05) is 62.5 Å². The fourth-order valence-corrected chi connectivity index (χ4v) is 3.03. The molecular formula is C21H31NO3S. The van der Waals surface area contributed by atoms with Gasteiger partial charge >= 0.3 is 0 Å². The van der Waals surface area contributed by atoms with Gasteiger partial charge in [-0.05, 0) is 56.5 Å². The lowest BCUT2D eigenvalue weighted by Gasteiger charge is -2.14. The molecule has 3 N–H and O–H groups in total. The Balaban J connectivity index is 0.00000141. The van der Waals surface area contributed by atoms with Crippen molar-refractivity contribution < 1.29 is 13.0 Å². The molecule has 4 nitrogen and oxygen atoms in total. The zero-order valence-corrected chi connectivity index (χ0v) is 17.3. The maximum atomic E-state index is 11.8. The number of nitrogens with two attached hydrogens (primary N) is 1. The Kier molecular flexibility index (Phi) is 10.8. The summed E-state index contributed by atoms with van der Waals surface area (Å²) in [5.41, 5.74) is 8.03. The van der Waals surface area contributed by atoms with Crippen LogP contribution in [0.5, 0.6) is 0 Å². The van der Waals surface area contributed by atoms with E-state index in [1.807, 2.05) is 78.0 Å². The van der Waals surface area contributed by atoms with Gasteiger partial charge in [-0.15, -0.1) is 0 Å². The first-order valence-electron chi connectivity index (χ1n) is 8.58. The van der Waals surface area contributed by atoms with Gasteiger partial charge in [0.05, 0.1) is 0 Å². The maximum Gasteiger partial charge on any atom is 0.295 e. The first-order chi connectivity index (χ1) is 12.1. The summed E-state index contributed by atoms with van der Waals surface area (Å²) in [5.74, 6) is 0. The van der Waals surface area contributed by atoms with Crippen LogP contribution >= 0.6 is 0 Å². The molecule has 0 aliphatic carbocycles. The average molecular weight is 378 g/mol. The van der Waals surface area contributed by atoms with Gasteiger partial charge in [-0.25, -0.2) is 0 Å². The second kappa shape index (κ2) is 11.6. The molecule has 0 unspecified atom stereocenters. The molecule has 0 saturated carbocycles. The molecule has 0 amide bonds. The highest BCUT2D eigenvalue weighted by Gasteiger charge is 2.20. The normalized spacial score (nSPS) is 12.7. The molecule has 5 heteroatoms. The van der Waals surface area contributed by atoms with Crippen molar-refractivity contribution in [3.8, 4) is 0 Å². The van der Waals surface area contributed by atoms with Crippen LogP contribution in [-0.4, -0.2) is 19.0 Å². The molecule has 0 atom stereocenters. The molecule has 1 aromatic carbocycles. The second-order valence-electron chi connectivity index (χ2n) is 5.92. The molecule has 0 radical (unpaired) electrons. The fraction of sp³-hybridized carbons (Fsp3) is 0.333. The Hall–Kier alpha value is -1.95. The van der Waals surface area contributed by atoms with Crippen molar-refractivity contribution >= 4 is 34.4 Å². The van der Waals surface area contributed by atoms with Crippen LogP contribution in [0.4, 0.5) is 0 Å². The van der Waals surface area contributed by atoms with Gasteiger partial charge in [0.25, 0.3) is 10.1 Å². The summed E-state index contributed by atoms with van der Waals surface area (Å²) in [4.78, 5) is -0.0833. The molecule has 0 aromatic heterocycles. The summed E-state index contributed by atoms with van der Waals surface area (Å²) in [6.45, 7) is 11.3. The number of rotatable bonds is 5. The van der Waals surface area contributed by atoms with Gasteiger partial charge in [0, 0.05) is 5.56 Å². The average Bonchev–Trinajstić information content (AvgIpc) is 2.51. The molecule has 0 spiro atoms. The largest absolute Gasteiger partial charge is 0.328 e. The smallest absolute Gasteiger partial charge is 0.295 e. The lowest BCUT2D eigenvalue weighted by atomic mass is 9.94. The van der Waals surface area contributed by atoms with Crippen molar-refractivity contribution in [2.24, 2.45) is 5.73 Å². The van der Waals surface area contributed by atoms with E-state index >= 15 is 0 Å². The van der Waals surface area contributed by atoms with Gasteiger partial charge in [0.1, 0.15) is 4.90 Å². The van der Waals surface area contributed by atoms with Crippen molar-refractivity contribution in [2.45, 2.75) is 52.5 Å². The Morgan fingerprint density at radius 3 is 1.62 bits per heavy atom. The minimum Gasteiger partial charge on any atom is -0.328 e. The van der Waals surface area contributed by atoms with Crippen LogP contribution in [-0.2, 0) is 10.1 Å². The van der Waals surface area contributed by atoms with Crippen molar-refractivity contribution in [3.63, 3.8) is 0 Å². The molecule has 1 rings (SSSR count). The SMILES string of the molecule is C/C=C\c1cc(S(=O)(=O)O)c(/C=C\C)c(/C=C\C)c1/C=C\C.CC(C)N. The first-order valence-corrected chi connectivity index (χ1v) is 10.0. The van der Waals surface area contributed by atoms with Gasteiger partial charge < -0.3 is 5.73 Å². The summed E-state index contributed by atoms with van der Waals surface area (Å²) in [7, 11) is -4.31. The zero-order chi connectivity index (χ0) is 20.3. The predicted molar refractivity (Wildman–Crippen MR) is 114 cm³/mol. The van der Waals surface area contributed by atoms with Crippen molar-refractivity contribution in [3.05, 3.63) is 52.6 Å².